The molecule has 0 spiro atoms. The molecule has 0 aliphatic heterocycles. The van der Waals surface area contributed by atoms with Gasteiger partial charge in [-0.25, -0.2) is 0 Å². The van der Waals surface area contributed by atoms with Crippen molar-refractivity contribution in [2.75, 3.05) is 12.3 Å². The summed E-state index contributed by atoms with van der Waals surface area (Å²) in [6.45, 7) is 3.42. The maximum atomic E-state index is 11.6. The number of carbonyl (C=O) groups excluding carboxylic acids is 1. The van der Waals surface area contributed by atoms with Crippen LogP contribution in [0, 0.1) is 0 Å². The molecule has 30 heavy (non-hydrogen) atoms. The number of rotatable bonds is 6. The van der Waals surface area contributed by atoms with E-state index in [0.29, 0.717) is 11.4 Å². The number of anilines is 1. The van der Waals surface area contributed by atoms with Crippen molar-refractivity contribution in [3.63, 3.8) is 0 Å². The van der Waals surface area contributed by atoms with Gasteiger partial charge in [-0.3, -0.25) is 4.79 Å². The lowest BCUT2D eigenvalue weighted by atomic mass is 10.0. The van der Waals surface area contributed by atoms with E-state index in [1.165, 1.54) is 16.9 Å². The number of aliphatic hydroxyl groups excluding tert-OH is 1. The maximum Gasteiger partial charge on any atom is 0.246 e. The second-order valence-corrected chi connectivity index (χ2v) is 8.50. The summed E-state index contributed by atoms with van der Waals surface area (Å²) < 4.78 is 5.70. The number of aliphatic hydroxyl groups is 1. The summed E-state index contributed by atoms with van der Waals surface area (Å²) in [6.07, 6.45) is 1.69. The number of aromatic nitrogens is 2. The van der Waals surface area contributed by atoms with Crippen LogP contribution in [0.25, 0.3) is 21.1 Å². The summed E-state index contributed by atoms with van der Waals surface area (Å²) in [6, 6.07) is 11.6. The Morgan fingerprint density at radius 2 is 2.10 bits per heavy atom. The third kappa shape index (κ3) is 4.01. The first kappa shape index (κ1) is 20.3. The van der Waals surface area contributed by atoms with Crippen molar-refractivity contribution in [3.05, 3.63) is 47.5 Å². The molecule has 1 aliphatic rings. The first-order valence-electron chi connectivity index (χ1n) is 9.88. The molecule has 0 saturated heterocycles. The van der Waals surface area contributed by atoms with Gasteiger partial charge in [-0.2, -0.15) is 0 Å². The summed E-state index contributed by atoms with van der Waals surface area (Å²) in [5.74, 6) is 0.300. The smallest absolute Gasteiger partial charge is 0.246 e. The first-order chi connectivity index (χ1) is 14.5. The maximum absolute atomic E-state index is 11.6. The highest BCUT2D eigenvalue weighted by molar-refractivity contribution is 7.17. The van der Waals surface area contributed by atoms with Crippen LogP contribution in [0.1, 0.15) is 37.4 Å². The predicted molar refractivity (Wildman–Crippen MR) is 117 cm³/mol. The molecule has 8 heteroatoms. The second kappa shape index (κ2) is 8.41. The van der Waals surface area contributed by atoms with Gasteiger partial charge in [0.05, 0.1) is 17.8 Å². The number of fused-ring (bicyclic) bond motifs is 1. The van der Waals surface area contributed by atoms with E-state index in [-0.39, 0.29) is 18.1 Å². The minimum atomic E-state index is -0.505. The Labute approximate surface area is 178 Å². The van der Waals surface area contributed by atoms with Crippen LogP contribution >= 0.6 is 11.3 Å². The van der Waals surface area contributed by atoms with Crippen LogP contribution in [0.2, 0.25) is 0 Å². The van der Waals surface area contributed by atoms with Crippen molar-refractivity contribution in [2.45, 2.75) is 38.8 Å². The lowest BCUT2D eigenvalue weighted by Gasteiger charge is -2.13. The minimum Gasteiger partial charge on any atom is -0.489 e. The molecule has 1 heterocycles. The Kier molecular flexibility index (Phi) is 5.69. The number of hydrogen-bond acceptors (Lipinski definition) is 7. The monoisotopic (exact) mass is 424 g/mol. The summed E-state index contributed by atoms with van der Waals surface area (Å²) >= 11 is 1.51. The zero-order valence-electron chi connectivity index (χ0n) is 16.9. The molecule has 2 aromatic carbocycles. The van der Waals surface area contributed by atoms with Crippen molar-refractivity contribution >= 4 is 22.9 Å². The number of nitrogens with one attached hydrogen (secondary N) is 1. The van der Waals surface area contributed by atoms with E-state index in [9.17, 15) is 4.79 Å². The Morgan fingerprint density at radius 3 is 2.83 bits per heavy atom. The summed E-state index contributed by atoms with van der Waals surface area (Å²) in [5, 5.41) is 22.3. The minimum absolute atomic E-state index is 0.0532. The third-order valence-corrected chi connectivity index (χ3v) is 6.03. The van der Waals surface area contributed by atoms with Crippen molar-refractivity contribution in [3.8, 4) is 26.9 Å². The molecule has 4 N–H and O–H groups in total. The molecule has 156 valence electrons. The van der Waals surface area contributed by atoms with Crippen LogP contribution < -0.4 is 15.8 Å². The van der Waals surface area contributed by atoms with Gasteiger partial charge in [0.1, 0.15) is 22.4 Å². The van der Waals surface area contributed by atoms with Crippen molar-refractivity contribution in [1.29, 1.82) is 0 Å². The number of ether oxygens (including phenoxy) is 1. The lowest BCUT2D eigenvalue weighted by molar-refractivity contribution is -0.124. The second-order valence-electron chi connectivity index (χ2n) is 7.52. The zero-order valence-corrected chi connectivity index (χ0v) is 17.7. The van der Waals surface area contributed by atoms with E-state index in [0.717, 1.165) is 39.5 Å². The van der Waals surface area contributed by atoms with Crippen LogP contribution in [0.4, 0.5) is 5.69 Å². The van der Waals surface area contributed by atoms with Gasteiger partial charge in [0.15, 0.2) is 0 Å². The Bertz CT molecular complexity index is 1080. The lowest BCUT2D eigenvalue weighted by Crippen LogP contribution is -2.29. The largest absolute Gasteiger partial charge is 0.489 e. The average molecular weight is 425 g/mol. The summed E-state index contributed by atoms with van der Waals surface area (Å²) in [4.78, 5) is 11.6. The molecular weight excluding hydrogens is 400 g/mol. The van der Waals surface area contributed by atoms with E-state index in [1.807, 2.05) is 50.2 Å². The van der Waals surface area contributed by atoms with Gasteiger partial charge in [0, 0.05) is 11.1 Å². The molecule has 0 saturated carbocycles. The van der Waals surface area contributed by atoms with Gasteiger partial charge < -0.3 is 20.9 Å². The molecule has 1 aromatic heterocycles. The van der Waals surface area contributed by atoms with E-state index in [2.05, 4.69) is 15.5 Å². The topological polar surface area (TPSA) is 110 Å². The van der Waals surface area contributed by atoms with Gasteiger partial charge >= 0.3 is 0 Å². The van der Waals surface area contributed by atoms with E-state index < -0.39 is 6.61 Å². The Balaban J connectivity index is 1.61. The standard InChI is InChI=1S/C22H24N4O3S/c1-12(2)29-19-9-6-13(10-17(19)23)21-25-26-22(30-21)16-5-3-4-15-14(16)7-8-18(15)24-20(28)11-27/h3-6,9-10,12,18,27H,7-8,11,23H2,1-2H3,(H,24,28). The molecule has 0 bridgehead atoms. The van der Waals surface area contributed by atoms with Gasteiger partial charge in [0.2, 0.25) is 5.91 Å². The fourth-order valence-corrected chi connectivity index (χ4v) is 4.63. The van der Waals surface area contributed by atoms with Gasteiger partial charge in [-0.15, -0.1) is 10.2 Å². The average Bonchev–Trinajstić information content (AvgIpc) is 3.37. The summed E-state index contributed by atoms with van der Waals surface area (Å²) in [7, 11) is 0. The van der Waals surface area contributed by atoms with Crippen LogP contribution in [0.3, 0.4) is 0 Å². The highest BCUT2D eigenvalue weighted by Gasteiger charge is 2.27. The number of hydrogen-bond donors (Lipinski definition) is 3. The number of amides is 1. The Morgan fingerprint density at radius 1 is 1.30 bits per heavy atom. The highest BCUT2D eigenvalue weighted by Crippen LogP contribution is 2.40. The molecule has 1 unspecified atom stereocenters. The predicted octanol–water partition coefficient (Wildman–Crippen LogP) is 3.34. The number of nitrogen functional groups attached to an aromatic ring is 1. The van der Waals surface area contributed by atoms with Gasteiger partial charge in [0.25, 0.3) is 0 Å². The van der Waals surface area contributed by atoms with E-state index in [1.54, 1.807) is 0 Å². The number of carbonyl (C=O) groups is 1. The number of nitrogens with two attached hydrogens (primary N) is 1. The quantitative estimate of drug-likeness (QED) is 0.524. The van der Waals surface area contributed by atoms with Gasteiger partial charge in [-0.05, 0) is 56.0 Å². The van der Waals surface area contributed by atoms with E-state index >= 15 is 0 Å². The Hall–Kier alpha value is -2.97. The molecular formula is C22H24N4O3S. The molecule has 0 fully saturated rings. The number of nitrogens with zero attached hydrogens (tertiary/aromatic N) is 2. The summed E-state index contributed by atoms with van der Waals surface area (Å²) in [5.41, 5.74) is 10.9. The zero-order chi connectivity index (χ0) is 21.3. The van der Waals surface area contributed by atoms with Crippen LogP contribution in [0.5, 0.6) is 5.75 Å². The first-order valence-corrected chi connectivity index (χ1v) is 10.7. The molecule has 0 radical (unpaired) electrons. The molecule has 1 atom stereocenters. The van der Waals surface area contributed by atoms with Crippen molar-refractivity contribution in [1.82, 2.24) is 15.5 Å². The molecule has 1 amide bonds. The SMILES string of the molecule is CC(C)Oc1ccc(-c2nnc(-c3cccc4c3CCC4NC(=O)CO)s2)cc1N. The fraction of sp³-hybridized carbons (Fsp3) is 0.318. The molecule has 4 rings (SSSR count). The fourth-order valence-electron chi connectivity index (χ4n) is 3.74. The van der Waals surface area contributed by atoms with Crippen LogP contribution in [-0.4, -0.2) is 33.9 Å². The molecule has 1 aliphatic carbocycles. The number of benzene rings is 2. The van der Waals surface area contributed by atoms with Crippen molar-refractivity contribution < 1.29 is 14.6 Å². The van der Waals surface area contributed by atoms with Crippen molar-refractivity contribution in [2.24, 2.45) is 0 Å². The molecule has 3 aromatic rings. The van der Waals surface area contributed by atoms with Crippen LogP contribution in [-0.2, 0) is 11.2 Å². The van der Waals surface area contributed by atoms with Crippen LogP contribution in [0.15, 0.2) is 36.4 Å². The highest BCUT2D eigenvalue weighted by atomic mass is 32.1. The molecule has 7 nitrogen and oxygen atoms in total. The normalized spacial score (nSPS) is 15.3. The third-order valence-electron chi connectivity index (χ3n) is 5.02. The van der Waals surface area contributed by atoms with Gasteiger partial charge in [-0.1, -0.05) is 29.5 Å². The van der Waals surface area contributed by atoms with E-state index in [4.69, 9.17) is 15.6 Å².